The molecular formula is C16H19ClN2. The monoisotopic (exact) mass is 274 g/mol. The van der Waals surface area contributed by atoms with Crippen LogP contribution >= 0.6 is 11.6 Å². The number of aryl methyl sites for hydroxylation is 3. The van der Waals surface area contributed by atoms with E-state index in [1.807, 2.05) is 25.1 Å². The van der Waals surface area contributed by atoms with Crippen LogP contribution in [0.3, 0.4) is 0 Å². The Morgan fingerprint density at radius 1 is 1.00 bits per heavy atom. The highest BCUT2D eigenvalue weighted by atomic mass is 35.5. The van der Waals surface area contributed by atoms with Crippen molar-refractivity contribution in [3.63, 3.8) is 0 Å². The van der Waals surface area contributed by atoms with Crippen molar-refractivity contribution in [3.8, 4) is 0 Å². The molecule has 0 saturated carbocycles. The van der Waals surface area contributed by atoms with Crippen LogP contribution in [0.4, 0.5) is 0 Å². The van der Waals surface area contributed by atoms with E-state index >= 15 is 0 Å². The minimum Gasteiger partial charge on any atom is -0.271 e. The lowest BCUT2D eigenvalue weighted by atomic mass is 9.93. The van der Waals surface area contributed by atoms with E-state index in [0.29, 0.717) is 0 Å². The minimum absolute atomic E-state index is 0.0905. The van der Waals surface area contributed by atoms with Crippen LogP contribution in [0.25, 0.3) is 0 Å². The first-order valence-electron chi connectivity index (χ1n) is 6.33. The van der Waals surface area contributed by atoms with Gasteiger partial charge >= 0.3 is 0 Å². The Morgan fingerprint density at radius 3 is 2.42 bits per heavy atom. The lowest BCUT2D eigenvalue weighted by Crippen LogP contribution is -2.29. The average Bonchev–Trinajstić information content (AvgIpc) is 2.39. The van der Waals surface area contributed by atoms with Crippen LogP contribution in [-0.4, -0.2) is 0 Å². The van der Waals surface area contributed by atoms with Crippen LogP contribution < -0.4 is 11.3 Å². The molecule has 2 aromatic carbocycles. The Hall–Kier alpha value is -1.35. The molecule has 2 rings (SSSR count). The normalized spacial score (nSPS) is 12.5. The quantitative estimate of drug-likeness (QED) is 0.660. The zero-order chi connectivity index (χ0) is 14.0. The first-order valence-corrected chi connectivity index (χ1v) is 6.70. The Kier molecular flexibility index (Phi) is 4.25. The third-order valence-electron chi connectivity index (χ3n) is 3.45. The van der Waals surface area contributed by atoms with Crippen molar-refractivity contribution in [1.29, 1.82) is 0 Å². The molecule has 0 bridgehead atoms. The molecule has 0 aliphatic heterocycles. The zero-order valence-electron chi connectivity index (χ0n) is 11.5. The van der Waals surface area contributed by atoms with Crippen molar-refractivity contribution in [1.82, 2.24) is 5.43 Å². The van der Waals surface area contributed by atoms with E-state index in [1.54, 1.807) is 0 Å². The zero-order valence-corrected chi connectivity index (χ0v) is 12.3. The lowest BCUT2D eigenvalue weighted by Gasteiger charge is -2.21. The first kappa shape index (κ1) is 14.1. The smallest absolute Gasteiger partial charge is 0.0727 e. The lowest BCUT2D eigenvalue weighted by molar-refractivity contribution is 0.633. The van der Waals surface area contributed by atoms with Gasteiger partial charge in [0.25, 0.3) is 0 Å². The number of hydrogen-bond acceptors (Lipinski definition) is 2. The number of benzene rings is 2. The van der Waals surface area contributed by atoms with E-state index in [2.05, 4.69) is 37.5 Å². The molecule has 0 fully saturated rings. The Balaban J connectivity index is 2.56. The van der Waals surface area contributed by atoms with E-state index in [4.69, 9.17) is 17.4 Å². The second-order valence-electron chi connectivity index (χ2n) is 4.94. The molecule has 3 N–H and O–H groups in total. The molecule has 0 aromatic heterocycles. The number of nitrogens with one attached hydrogen (secondary N) is 1. The van der Waals surface area contributed by atoms with Gasteiger partial charge in [0.15, 0.2) is 0 Å². The highest BCUT2D eigenvalue weighted by molar-refractivity contribution is 6.32. The van der Waals surface area contributed by atoms with Gasteiger partial charge in [0.1, 0.15) is 0 Å². The fourth-order valence-electron chi connectivity index (χ4n) is 2.31. The maximum Gasteiger partial charge on any atom is 0.0727 e. The summed E-state index contributed by atoms with van der Waals surface area (Å²) in [5.74, 6) is 5.77. The van der Waals surface area contributed by atoms with Gasteiger partial charge in [-0.2, -0.15) is 0 Å². The summed E-state index contributed by atoms with van der Waals surface area (Å²) >= 11 is 6.41. The average molecular weight is 275 g/mol. The third kappa shape index (κ3) is 2.81. The van der Waals surface area contributed by atoms with Crippen LogP contribution in [0.1, 0.15) is 33.9 Å². The van der Waals surface area contributed by atoms with Crippen molar-refractivity contribution < 1.29 is 0 Å². The number of rotatable bonds is 3. The van der Waals surface area contributed by atoms with Gasteiger partial charge in [-0.3, -0.25) is 5.84 Å². The van der Waals surface area contributed by atoms with Gasteiger partial charge in [0.05, 0.1) is 6.04 Å². The van der Waals surface area contributed by atoms with Crippen molar-refractivity contribution in [2.45, 2.75) is 26.8 Å². The standard InChI is InChI=1S/C16H19ClN2/c1-10-7-8-11(2)14(9-10)16(19-18)13-6-4-5-12(3)15(13)17/h4-9,16,19H,18H2,1-3H3. The maximum atomic E-state index is 6.41. The molecule has 0 aliphatic rings. The molecule has 2 nitrogen and oxygen atoms in total. The number of nitrogens with two attached hydrogens (primary N) is 1. The fraction of sp³-hybridized carbons (Fsp3) is 0.250. The van der Waals surface area contributed by atoms with Crippen molar-refractivity contribution in [2.75, 3.05) is 0 Å². The number of halogens is 1. The molecule has 0 heterocycles. The maximum absolute atomic E-state index is 6.41. The predicted molar refractivity (Wildman–Crippen MR) is 81.3 cm³/mol. The molecule has 0 spiro atoms. The van der Waals surface area contributed by atoms with Crippen LogP contribution in [0.2, 0.25) is 5.02 Å². The number of hydrazine groups is 1. The van der Waals surface area contributed by atoms with Crippen LogP contribution in [-0.2, 0) is 0 Å². The summed E-state index contributed by atoms with van der Waals surface area (Å²) in [7, 11) is 0. The van der Waals surface area contributed by atoms with Gasteiger partial charge in [-0.05, 0) is 43.0 Å². The van der Waals surface area contributed by atoms with E-state index < -0.39 is 0 Å². The van der Waals surface area contributed by atoms with Gasteiger partial charge < -0.3 is 0 Å². The minimum atomic E-state index is -0.0905. The van der Waals surface area contributed by atoms with E-state index in [-0.39, 0.29) is 6.04 Å². The predicted octanol–water partition coefficient (Wildman–Crippen LogP) is 3.82. The highest BCUT2D eigenvalue weighted by Gasteiger charge is 2.18. The Labute approximate surface area is 119 Å². The molecule has 1 atom stereocenters. The number of hydrogen-bond donors (Lipinski definition) is 2. The van der Waals surface area contributed by atoms with Crippen LogP contribution in [0.15, 0.2) is 36.4 Å². The highest BCUT2D eigenvalue weighted by Crippen LogP contribution is 2.31. The first-order chi connectivity index (χ1) is 9.04. The van der Waals surface area contributed by atoms with E-state index in [1.165, 1.54) is 11.1 Å². The summed E-state index contributed by atoms with van der Waals surface area (Å²) in [5.41, 5.74) is 8.53. The summed E-state index contributed by atoms with van der Waals surface area (Å²) in [6.45, 7) is 6.17. The second-order valence-corrected chi connectivity index (χ2v) is 5.32. The second kappa shape index (κ2) is 5.74. The largest absolute Gasteiger partial charge is 0.271 e. The Bertz CT molecular complexity index is 591. The molecular weight excluding hydrogens is 256 g/mol. The van der Waals surface area contributed by atoms with Gasteiger partial charge in [-0.1, -0.05) is 53.6 Å². The molecule has 100 valence electrons. The molecule has 19 heavy (non-hydrogen) atoms. The van der Waals surface area contributed by atoms with E-state index in [9.17, 15) is 0 Å². The Morgan fingerprint density at radius 2 is 1.74 bits per heavy atom. The van der Waals surface area contributed by atoms with E-state index in [0.717, 1.165) is 21.7 Å². The SMILES string of the molecule is Cc1ccc(C)c(C(NN)c2cccc(C)c2Cl)c1. The fourth-order valence-corrected chi connectivity index (χ4v) is 2.55. The molecule has 2 aromatic rings. The summed E-state index contributed by atoms with van der Waals surface area (Å²) in [6, 6.07) is 12.3. The van der Waals surface area contributed by atoms with Gasteiger partial charge in [0.2, 0.25) is 0 Å². The van der Waals surface area contributed by atoms with Crippen molar-refractivity contribution >= 4 is 11.6 Å². The van der Waals surface area contributed by atoms with Gasteiger partial charge in [0, 0.05) is 5.02 Å². The van der Waals surface area contributed by atoms with Gasteiger partial charge in [-0.15, -0.1) is 0 Å². The summed E-state index contributed by atoms with van der Waals surface area (Å²) in [4.78, 5) is 0. The molecule has 1 unspecified atom stereocenters. The third-order valence-corrected chi connectivity index (χ3v) is 3.96. The molecule has 3 heteroatoms. The molecule has 0 aliphatic carbocycles. The van der Waals surface area contributed by atoms with Crippen molar-refractivity contribution in [3.05, 3.63) is 69.2 Å². The summed E-state index contributed by atoms with van der Waals surface area (Å²) in [6.07, 6.45) is 0. The van der Waals surface area contributed by atoms with Crippen LogP contribution in [0.5, 0.6) is 0 Å². The summed E-state index contributed by atoms with van der Waals surface area (Å²) in [5, 5.41) is 0.770. The molecule has 0 amide bonds. The van der Waals surface area contributed by atoms with Crippen molar-refractivity contribution in [2.24, 2.45) is 5.84 Å². The molecule has 0 saturated heterocycles. The van der Waals surface area contributed by atoms with Gasteiger partial charge in [-0.25, -0.2) is 5.43 Å². The molecule has 0 radical (unpaired) electrons. The topological polar surface area (TPSA) is 38.0 Å². The summed E-state index contributed by atoms with van der Waals surface area (Å²) < 4.78 is 0. The van der Waals surface area contributed by atoms with Crippen LogP contribution in [0, 0.1) is 20.8 Å².